The van der Waals surface area contributed by atoms with Crippen molar-refractivity contribution in [2.45, 2.75) is 19.6 Å². The third-order valence-corrected chi connectivity index (χ3v) is 1.88. The topological polar surface area (TPSA) is 73.5 Å². The van der Waals surface area contributed by atoms with E-state index in [1.807, 2.05) is 0 Å². The maximum atomic E-state index is 10.4. The van der Waals surface area contributed by atoms with Gasteiger partial charge in [-0.3, -0.25) is 0 Å². The molecular formula is C7H9N3O3. The first kappa shape index (κ1) is 8.18. The summed E-state index contributed by atoms with van der Waals surface area (Å²) in [4.78, 5) is 9.96. The molecule has 1 atom stereocenters. The van der Waals surface area contributed by atoms with Crippen molar-refractivity contribution < 1.29 is 9.66 Å². The molecule has 1 aromatic rings. The molecule has 13 heavy (non-hydrogen) atoms. The standard InChI is InChI=1S/C7H9N3O3/c1-5-2-9(3-6-4-13-6)8-7(5)10(11)12/h2,6H,3-4H2,1H3/t6-/m1/s1. The Hall–Kier alpha value is -1.43. The van der Waals surface area contributed by atoms with E-state index in [0.29, 0.717) is 12.1 Å². The predicted molar refractivity (Wildman–Crippen MR) is 43.4 cm³/mol. The summed E-state index contributed by atoms with van der Waals surface area (Å²) >= 11 is 0. The first-order valence-electron chi connectivity index (χ1n) is 3.97. The molecule has 0 radical (unpaired) electrons. The number of epoxide rings is 1. The number of nitrogens with zero attached hydrogens (tertiary/aromatic N) is 3. The van der Waals surface area contributed by atoms with E-state index in [2.05, 4.69) is 5.10 Å². The van der Waals surface area contributed by atoms with Crippen molar-refractivity contribution >= 4 is 5.82 Å². The molecule has 0 spiro atoms. The van der Waals surface area contributed by atoms with E-state index in [-0.39, 0.29) is 11.9 Å². The third-order valence-electron chi connectivity index (χ3n) is 1.88. The van der Waals surface area contributed by atoms with Crippen molar-refractivity contribution in [2.75, 3.05) is 6.61 Å². The molecule has 0 amide bonds. The lowest BCUT2D eigenvalue weighted by molar-refractivity contribution is -0.390. The Kier molecular flexibility index (Phi) is 1.77. The molecule has 0 bridgehead atoms. The lowest BCUT2D eigenvalue weighted by Crippen LogP contribution is -2.04. The average Bonchev–Trinajstić information content (AvgIpc) is 2.75. The molecule has 2 rings (SSSR count). The third kappa shape index (κ3) is 1.67. The molecule has 6 nitrogen and oxygen atoms in total. The zero-order valence-corrected chi connectivity index (χ0v) is 7.14. The van der Waals surface area contributed by atoms with Gasteiger partial charge in [0.2, 0.25) is 0 Å². The van der Waals surface area contributed by atoms with E-state index in [1.165, 1.54) is 0 Å². The average molecular weight is 183 g/mol. The first-order chi connectivity index (χ1) is 6.16. The Bertz CT molecular complexity index is 343. The zero-order valence-electron chi connectivity index (χ0n) is 7.14. The van der Waals surface area contributed by atoms with E-state index in [0.717, 1.165) is 6.61 Å². The van der Waals surface area contributed by atoms with Crippen molar-refractivity contribution in [3.63, 3.8) is 0 Å². The molecule has 2 heterocycles. The predicted octanol–water partition coefficient (Wildman–Crippen LogP) is 0.499. The lowest BCUT2D eigenvalue weighted by Gasteiger charge is -1.88. The van der Waals surface area contributed by atoms with Crippen LogP contribution in [-0.2, 0) is 11.3 Å². The van der Waals surface area contributed by atoms with Crippen LogP contribution in [0.15, 0.2) is 6.20 Å². The second-order valence-electron chi connectivity index (χ2n) is 3.07. The van der Waals surface area contributed by atoms with Gasteiger partial charge in [-0.25, -0.2) is 0 Å². The summed E-state index contributed by atoms with van der Waals surface area (Å²) in [6, 6.07) is 0. The second kappa shape index (κ2) is 2.81. The zero-order chi connectivity index (χ0) is 9.42. The van der Waals surface area contributed by atoms with E-state index in [9.17, 15) is 10.1 Å². The highest BCUT2D eigenvalue weighted by Crippen LogP contribution is 2.17. The van der Waals surface area contributed by atoms with Gasteiger partial charge in [0, 0.05) is 0 Å². The molecule has 1 saturated heterocycles. The Morgan fingerprint density at radius 3 is 3.08 bits per heavy atom. The minimum atomic E-state index is -0.473. The molecule has 0 aromatic carbocycles. The first-order valence-corrected chi connectivity index (χ1v) is 3.97. The van der Waals surface area contributed by atoms with Gasteiger partial charge in [0.25, 0.3) is 0 Å². The fraction of sp³-hybridized carbons (Fsp3) is 0.571. The van der Waals surface area contributed by atoms with Gasteiger partial charge in [-0.15, -0.1) is 0 Å². The van der Waals surface area contributed by atoms with E-state index >= 15 is 0 Å². The maximum absolute atomic E-state index is 10.4. The summed E-state index contributed by atoms with van der Waals surface area (Å²) in [5.74, 6) is -0.0688. The minimum Gasteiger partial charge on any atom is -0.371 e. The SMILES string of the molecule is Cc1cn(C[C@@H]2CO2)nc1[N+](=O)[O-]. The van der Waals surface area contributed by atoms with Gasteiger partial charge >= 0.3 is 5.82 Å². The summed E-state index contributed by atoms with van der Waals surface area (Å²) in [5.41, 5.74) is 0.589. The Labute approximate surface area is 74.3 Å². The highest BCUT2D eigenvalue weighted by molar-refractivity contribution is 5.28. The highest BCUT2D eigenvalue weighted by Gasteiger charge is 2.26. The molecule has 1 aliphatic rings. The molecule has 1 fully saturated rings. The van der Waals surface area contributed by atoms with E-state index in [1.54, 1.807) is 17.8 Å². The van der Waals surface area contributed by atoms with Crippen LogP contribution in [0.5, 0.6) is 0 Å². The van der Waals surface area contributed by atoms with Crippen LogP contribution in [0.3, 0.4) is 0 Å². The molecule has 1 aromatic heterocycles. The largest absolute Gasteiger partial charge is 0.392 e. The van der Waals surface area contributed by atoms with Crippen molar-refractivity contribution in [1.29, 1.82) is 0 Å². The van der Waals surface area contributed by atoms with Crippen LogP contribution in [0.1, 0.15) is 5.56 Å². The van der Waals surface area contributed by atoms with Crippen LogP contribution in [0.2, 0.25) is 0 Å². The summed E-state index contributed by atoms with van der Waals surface area (Å²) in [7, 11) is 0. The van der Waals surface area contributed by atoms with Crippen LogP contribution in [0, 0.1) is 17.0 Å². The fourth-order valence-electron chi connectivity index (χ4n) is 1.17. The van der Waals surface area contributed by atoms with Gasteiger partial charge in [-0.1, -0.05) is 0 Å². The van der Waals surface area contributed by atoms with Crippen LogP contribution >= 0.6 is 0 Å². The molecule has 6 heteroatoms. The number of hydrogen-bond donors (Lipinski definition) is 0. The fourth-order valence-corrected chi connectivity index (χ4v) is 1.17. The Balaban J connectivity index is 2.18. The van der Waals surface area contributed by atoms with Gasteiger partial charge in [0.15, 0.2) is 0 Å². The number of hydrogen-bond acceptors (Lipinski definition) is 4. The van der Waals surface area contributed by atoms with Gasteiger partial charge in [0.05, 0.1) is 30.0 Å². The monoisotopic (exact) mass is 183 g/mol. The van der Waals surface area contributed by atoms with E-state index < -0.39 is 4.92 Å². The van der Waals surface area contributed by atoms with Gasteiger partial charge in [-0.05, 0) is 11.8 Å². The number of rotatable bonds is 3. The minimum absolute atomic E-state index is 0.0688. The van der Waals surface area contributed by atoms with Crippen molar-refractivity contribution in [2.24, 2.45) is 0 Å². The molecule has 0 unspecified atom stereocenters. The summed E-state index contributed by atoms with van der Waals surface area (Å²) < 4.78 is 6.55. The van der Waals surface area contributed by atoms with Crippen LogP contribution < -0.4 is 0 Å². The normalized spacial score (nSPS) is 20.2. The number of aromatic nitrogens is 2. The second-order valence-corrected chi connectivity index (χ2v) is 3.07. The molecule has 0 N–H and O–H groups in total. The van der Waals surface area contributed by atoms with Gasteiger partial charge in [0.1, 0.15) is 6.10 Å². The molecule has 0 saturated carbocycles. The van der Waals surface area contributed by atoms with Crippen molar-refractivity contribution in [3.05, 3.63) is 21.9 Å². The quantitative estimate of drug-likeness (QED) is 0.388. The van der Waals surface area contributed by atoms with E-state index in [4.69, 9.17) is 4.74 Å². The van der Waals surface area contributed by atoms with Crippen LogP contribution in [0.4, 0.5) is 5.82 Å². The molecule has 0 aliphatic carbocycles. The summed E-state index contributed by atoms with van der Waals surface area (Å²) in [5, 5.41) is 14.3. The molecular weight excluding hydrogens is 174 g/mol. The van der Waals surface area contributed by atoms with Crippen molar-refractivity contribution in [1.82, 2.24) is 9.78 Å². The van der Waals surface area contributed by atoms with Crippen LogP contribution in [0.25, 0.3) is 0 Å². The number of ether oxygens (including phenoxy) is 1. The lowest BCUT2D eigenvalue weighted by atomic mass is 10.4. The number of aryl methyl sites for hydroxylation is 1. The maximum Gasteiger partial charge on any atom is 0.392 e. The summed E-state index contributed by atoms with van der Waals surface area (Å²) in [6.07, 6.45) is 1.86. The van der Waals surface area contributed by atoms with Gasteiger partial charge < -0.3 is 14.9 Å². The van der Waals surface area contributed by atoms with Crippen LogP contribution in [-0.4, -0.2) is 27.4 Å². The highest BCUT2D eigenvalue weighted by atomic mass is 16.6. The van der Waals surface area contributed by atoms with Crippen molar-refractivity contribution in [3.8, 4) is 0 Å². The Morgan fingerprint density at radius 1 is 1.92 bits per heavy atom. The Morgan fingerprint density at radius 2 is 2.62 bits per heavy atom. The number of nitro groups is 1. The van der Waals surface area contributed by atoms with Gasteiger partial charge in [-0.2, -0.15) is 4.68 Å². The molecule has 70 valence electrons. The smallest absolute Gasteiger partial charge is 0.371 e. The summed E-state index contributed by atoms with van der Waals surface area (Å²) in [6.45, 7) is 3.01. The molecule has 1 aliphatic heterocycles.